The van der Waals surface area contributed by atoms with Gasteiger partial charge in [-0.3, -0.25) is 24.3 Å². The van der Waals surface area contributed by atoms with Gasteiger partial charge in [0.2, 0.25) is 11.8 Å². The van der Waals surface area contributed by atoms with E-state index in [4.69, 9.17) is 11.6 Å². The van der Waals surface area contributed by atoms with E-state index in [9.17, 15) is 9.59 Å². The van der Waals surface area contributed by atoms with E-state index in [2.05, 4.69) is 0 Å². The molecule has 0 aromatic rings. The van der Waals surface area contributed by atoms with E-state index < -0.39 is 4.87 Å². The molecule has 5 nitrogen and oxygen atoms in total. The van der Waals surface area contributed by atoms with Crippen molar-refractivity contribution in [3.8, 4) is 0 Å². The second-order valence-corrected chi connectivity index (χ2v) is 5.63. The highest BCUT2D eigenvalue weighted by atomic mass is 35.5. The van der Waals surface area contributed by atoms with Crippen molar-refractivity contribution in [2.45, 2.75) is 18.7 Å². The fourth-order valence-corrected chi connectivity index (χ4v) is 3.03. The Morgan fingerprint density at radius 3 is 1.88 bits per heavy atom. The second-order valence-electron chi connectivity index (χ2n) is 4.83. The number of carbonyl (C=O) groups excluding carboxylic acids is 2. The van der Waals surface area contributed by atoms with Crippen molar-refractivity contribution in [1.29, 1.82) is 0 Å². The maximum Gasteiger partial charge on any atom is 0.223 e. The monoisotopic (exact) mass is 246 g/mol. The third kappa shape index (κ3) is 2.15. The number of alkyl halides is 1. The highest BCUT2D eigenvalue weighted by molar-refractivity contribution is 6.24. The number of amides is 2. The summed E-state index contributed by atoms with van der Waals surface area (Å²) < 4.78 is 0. The van der Waals surface area contributed by atoms with E-state index in [0.29, 0.717) is 26.4 Å². The number of hydrogen-bond donors (Lipinski definition) is 1. The molecule has 0 radical (unpaired) electrons. The van der Waals surface area contributed by atoms with Gasteiger partial charge in [-0.05, 0) is 0 Å². The average molecular weight is 247 g/mol. The summed E-state index contributed by atoms with van der Waals surface area (Å²) in [4.78, 5) is 27.0. The summed E-state index contributed by atoms with van der Waals surface area (Å²) in [6, 6.07) is 0. The number of halogens is 1. The number of quaternary nitrogens is 1. The normalized spacial score (nSPS) is 33.8. The van der Waals surface area contributed by atoms with Gasteiger partial charge in [0.05, 0.1) is 13.1 Å². The van der Waals surface area contributed by atoms with Gasteiger partial charge in [-0.25, -0.2) is 0 Å². The summed E-state index contributed by atoms with van der Waals surface area (Å²) in [5.41, 5.74) is 0. The Morgan fingerprint density at radius 2 is 1.56 bits per heavy atom. The fourth-order valence-electron chi connectivity index (χ4n) is 2.55. The first kappa shape index (κ1) is 11.7. The van der Waals surface area contributed by atoms with Gasteiger partial charge in [0.15, 0.2) is 13.3 Å². The topological polar surface area (TPSA) is 45.1 Å². The molecule has 16 heavy (non-hydrogen) atoms. The van der Waals surface area contributed by atoms with Crippen LogP contribution >= 0.6 is 11.6 Å². The zero-order valence-electron chi connectivity index (χ0n) is 9.62. The predicted octanol–water partition coefficient (Wildman–Crippen LogP) is -1.51. The van der Waals surface area contributed by atoms with Gasteiger partial charge < -0.3 is 0 Å². The number of rotatable bonds is 0. The van der Waals surface area contributed by atoms with Crippen LogP contribution in [0.1, 0.15) is 13.8 Å². The largest absolute Gasteiger partial charge is 0.299 e. The molecule has 2 amide bonds. The Hall–Kier alpha value is -0.810. The Kier molecular flexibility index (Phi) is 2.84. The molecule has 0 aromatic carbocycles. The lowest BCUT2D eigenvalue weighted by molar-refractivity contribution is -0.931. The summed E-state index contributed by atoms with van der Waals surface area (Å²) in [6.07, 6.45) is 0. The van der Waals surface area contributed by atoms with Crippen molar-refractivity contribution in [3.63, 3.8) is 0 Å². The zero-order chi connectivity index (χ0) is 11.9. The third-order valence-corrected chi connectivity index (χ3v) is 3.61. The lowest BCUT2D eigenvalue weighted by Gasteiger charge is -2.48. The average Bonchev–Trinajstić information content (AvgIpc) is 2.14. The fraction of sp³-hybridized carbons (Fsp3) is 0.800. The van der Waals surface area contributed by atoms with Gasteiger partial charge in [0, 0.05) is 13.8 Å². The highest BCUT2D eigenvalue weighted by Crippen LogP contribution is 2.21. The van der Waals surface area contributed by atoms with E-state index in [-0.39, 0.29) is 11.8 Å². The molecule has 0 unspecified atom stereocenters. The molecular formula is C10H17ClN3O2+. The molecule has 2 fully saturated rings. The molecule has 2 aliphatic heterocycles. The third-order valence-electron chi connectivity index (χ3n) is 3.23. The van der Waals surface area contributed by atoms with Gasteiger partial charge in [-0.2, -0.15) is 0 Å². The standard InChI is InChI=1S/C10H16ClN3O2/c1-8(15)13-4-10(11)3-12(6-13)7-14(5-10)9(2)16/h3-7H2,1-2H3/p+1. The van der Waals surface area contributed by atoms with Crippen LogP contribution in [0, 0.1) is 0 Å². The smallest absolute Gasteiger partial charge is 0.223 e. The van der Waals surface area contributed by atoms with Crippen LogP contribution in [0.4, 0.5) is 0 Å². The molecule has 0 aromatic heterocycles. The Bertz CT molecular complexity index is 308. The van der Waals surface area contributed by atoms with Crippen molar-refractivity contribution < 1.29 is 14.5 Å². The quantitative estimate of drug-likeness (QED) is 0.528. The van der Waals surface area contributed by atoms with Crippen LogP contribution in [0.2, 0.25) is 0 Å². The molecule has 0 saturated carbocycles. The predicted molar refractivity (Wildman–Crippen MR) is 58.9 cm³/mol. The van der Waals surface area contributed by atoms with Gasteiger partial charge in [0.1, 0.15) is 11.4 Å². The van der Waals surface area contributed by atoms with Gasteiger partial charge in [-0.15, -0.1) is 11.6 Å². The van der Waals surface area contributed by atoms with Crippen molar-refractivity contribution in [2.75, 3.05) is 33.0 Å². The van der Waals surface area contributed by atoms with Crippen LogP contribution in [0.3, 0.4) is 0 Å². The molecular weight excluding hydrogens is 230 g/mol. The van der Waals surface area contributed by atoms with E-state index in [1.54, 1.807) is 23.6 Å². The number of hydrogen-bond acceptors (Lipinski definition) is 2. The molecule has 2 saturated heterocycles. The first-order chi connectivity index (χ1) is 7.39. The van der Waals surface area contributed by atoms with E-state index in [0.717, 1.165) is 6.54 Å². The molecule has 2 aliphatic rings. The molecule has 2 rings (SSSR count). The number of fused-ring (bicyclic) bond motifs is 2. The summed E-state index contributed by atoms with van der Waals surface area (Å²) in [5, 5.41) is 0. The summed E-state index contributed by atoms with van der Waals surface area (Å²) in [5.74, 6) is 0.108. The van der Waals surface area contributed by atoms with Crippen LogP contribution in [-0.2, 0) is 9.59 Å². The minimum Gasteiger partial charge on any atom is -0.299 e. The molecule has 0 aliphatic carbocycles. The summed E-state index contributed by atoms with van der Waals surface area (Å²) in [6.45, 7) is 6.31. The molecule has 6 heteroatoms. The second kappa shape index (κ2) is 3.89. The van der Waals surface area contributed by atoms with E-state index in [1.807, 2.05) is 0 Å². The summed E-state index contributed by atoms with van der Waals surface area (Å²) in [7, 11) is 0. The Balaban J connectivity index is 2.13. The highest BCUT2D eigenvalue weighted by Gasteiger charge is 2.47. The van der Waals surface area contributed by atoms with Crippen LogP contribution in [-0.4, -0.2) is 59.5 Å². The maximum atomic E-state index is 11.4. The minimum atomic E-state index is -0.469. The number of nitrogens with zero attached hydrogens (tertiary/aromatic N) is 2. The molecule has 1 N–H and O–H groups in total. The van der Waals surface area contributed by atoms with Crippen LogP contribution in [0.15, 0.2) is 0 Å². The van der Waals surface area contributed by atoms with Gasteiger partial charge >= 0.3 is 0 Å². The van der Waals surface area contributed by atoms with Crippen LogP contribution in [0.5, 0.6) is 0 Å². The lowest BCUT2D eigenvalue weighted by Crippen LogP contribution is -3.20. The Labute approximate surface area is 99.9 Å². The molecule has 2 bridgehead atoms. The SMILES string of the molecule is CC(=O)N1C[NH+]2CN(C(C)=O)CC(Cl)(C1)C2. The van der Waals surface area contributed by atoms with Crippen LogP contribution < -0.4 is 4.90 Å². The van der Waals surface area contributed by atoms with Crippen molar-refractivity contribution in [1.82, 2.24) is 9.80 Å². The lowest BCUT2D eigenvalue weighted by atomic mass is 10.0. The van der Waals surface area contributed by atoms with E-state index >= 15 is 0 Å². The zero-order valence-corrected chi connectivity index (χ0v) is 10.4. The van der Waals surface area contributed by atoms with Crippen LogP contribution in [0.25, 0.3) is 0 Å². The minimum absolute atomic E-state index is 0.0542. The molecule has 0 spiro atoms. The molecule has 90 valence electrons. The molecule has 0 atom stereocenters. The maximum absolute atomic E-state index is 11.4. The summed E-state index contributed by atoms with van der Waals surface area (Å²) >= 11 is 6.47. The number of nitrogens with one attached hydrogen (secondary N) is 1. The Morgan fingerprint density at radius 1 is 1.12 bits per heavy atom. The van der Waals surface area contributed by atoms with Crippen molar-refractivity contribution >= 4 is 23.4 Å². The van der Waals surface area contributed by atoms with E-state index in [1.165, 1.54) is 4.90 Å². The van der Waals surface area contributed by atoms with Gasteiger partial charge in [-0.1, -0.05) is 0 Å². The first-order valence-electron chi connectivity index (χ1n) is 5.43. The van der Waals surface area contributed by atoms with Crippen molar-refractivity contribution in [3.05, 3.63) is 0 Å². The molecule has 2 heterocycles. The number of carbonyl (C=O) groups is 2. The van der Waals surface area contributed by atoms with Gasteiger partial charge in [0.25, 0.3) is 0 Å². The first-order valence-corrected chi connectivity index (χ1v) is 5.81. The van der Waals surface area contributed by atoms with Crippen molar-refractivity contribution in [2.24, 2.45) is 0 Å².